The summed E-state index contributed by atoms with van der Waals surface area (Å²) in [6, 6.07) is 14.6. The zero-order valence-electron chi connectivity index (χ0n) is 21.9. The van der Waals surface area contributed by atoms with Gasteiger partial charge in [0.15, 0.2) is 0 Å². The van der Waals surface area contributed by atoms with E-state index < -0.39 is 11.0 Å². The maximum Gasteiger partial charge on any atom is 0.246 e. The van der Waals surface area contributed by atoms with Crippen LogP contribution in [0.1, 0.15) is 55.4 Å². The number of amides is 1. The molecule has 5 heteroatoms. The summed E-state index contributed by atoms with van der Waals surface area (Å²) in [6.07, 6.45) is 6.54. The summed E-state index contributed by atoms with van der Waals surface area (Å²) in [4.78, 5) is 18.2. The van der Waals surface area contributed by atoms with Crippen LogP contribution in [-0.4, -0.2) is 64.7 Å². The second kappa shape index (κ2) is 8.46. The van der Waals surface area contributed by atoms with Crippen LogP contribution in [-0.2, 0) is 16.6 Å². The molecule has 190 valence electrons. The Kier molecular flexibility index (Phi) is 5.58. The summed E-state index contributed by atoms with van der Waals surface area (Å²) < 4.78 is 6.79. The standard InChI is InChI=1S/C31H38N2O3/c1-20(2)19-33(27(34)12-11-22-8-5-7-21(3)17-22)24-13-14-31(35)26-18-23-9-6-10-25-28(23)30(31,29(24)36-25)15-16-32(26)4/h5-12,17,20,24,26,29,35H,13-16,18-19H2,1-4H3/t24-,26-,29+,30+,31-/m1/s1. The fraction of sp³-hybridized carbons (Fsp3) is 0.516. The van der Waals surface area contributed by atoms with Gasteiger partial charge in [0, 0.05) is 24.2 Å². The van der Waals surface area contributed by atoms with Gasteiger partial charge in [-0.15, -0.1) is 0 Å². The van der Waals surface area contributed by atoms with E-state index in [0.717, 1.165) is 37.1 Å². The van der Waals surface area contributed by atoms with Crippen LogP contribution in [0.4, 0.5) is 0 Å². The third-order valence-electron chi connectivity index (χ3n) is 9.30. The Bertz CT molecular complexity index is 1220. The van der Waals surface area contributed by atoms with Crippen molar-refractivity contribution in [2.75, 3.05) is 20.1 Å². The van der Waals surface area contributed by atoms with Gasteiger partial charge in [-0.05, 0) is 75.4 Å². The minimum Gasteiger partial charge on any atom is -0.487 e. The summed E-state index contributed by atoms with van der Waals surface area (Å²) in [5.74, 6) is 1.27. The van der Waals surface area contributed by atoms with Crippen molar-refractivity contribution in [2.24, 2.45) is 5.92 Å². The molecule has 36 heavy (non-hydrogen) atoms. The molecule has 4 aliphatic rings. The van der Waals surface area contributed by atoms with Gasteiger partial charge in [-0.2, -0.15) is 0 Å². The fourth-order valence-electron chi connectivity index (χ4n) is 7.84. The molecule has 6 rings (SSSR count). The number of benzene rings is 2. The molecule has 5 nitrogen and oxygen atoms in total. The highest BCUT2D eigenvalue weighted by atomic mass is 16.5. The van der Waals surface area contributed by atoms with Crippen molar-refractivity contribution in [3.8, 4) is 5.75 Å². The van der Waals surface area contributed by atoms with Crippen molar-refractivity contribution in [3.63, 3.8) is 0 Å². The first-order valence-corrected chi connectivity index (χ1v) is 13.5. The molecule has 0 unspecified atom stereocenters. The molecule has 5 atom stereocenters. The predicted molar refractivity (Wildman–Crippen MR) is 142 cm³/mol. The van der Waals surface area contributed by atoms with E-state index in [4.69, 9.17) is 4.74 Å². The molecule has 1 N–H and O–H groups in total. The smallest absolute Gasteiger partial charge is 0.246 e. The normalized spacial score (nSPS) is 32.4. The number of rotatable bonds is 5. The van der Waals surface area contributed by atoms with E-state index in [2.05, 4.69) is 63.1 Å². The number of likely N-dealkylation sites (N-methyl/N-ethyl adjacent to an activating group) is 1. The van der Waals surface area contributed by atoms with E-state index in [9.17, 15) is 9.90 Å². The van der Waals surface area contributed by atoms with Crippen molar-refractivity contribution in [3.05, 3.63) is 70.8 Å². The number of carbonyl (C=O) groups is 1. The minimum atomic E-state index is -0.843. The summed E-state index contributed by atoms with van der Waals surface area (Å²) in [5.41, 5.74) is 3.43. The highest BCUT2D eigenvalue weighted by Crippen LogP contribution is 2.64. The zero-order valence-corrected chi connectivity index (χ0v) is 21.9. The summed E-state index contributed by atoms with van der Waals surface area (Å²) in [7, 11) is 2.14. The molecule has 1 saturated carbocycles. The molecule has 2 heterocycles. The molecule has 0 radical (unpaired) electrons. The van der Waals surface area contributed by atoms with Crippen LogP contribution < -0.4 is 4.74 Å². The molecule has 1 spiro atoms. The van der Waals surface area contributed by atoms with Crippen LogP contribution in [0.5, 0.6) is 5.75 Å². The first-order chi connectivity index (χ1) is 17.2. The molecule has 2 fully saturated rings. The lowest BCUT2D eigenvalue weighted by Gasteiger charge is -2.64. The van der Waals surface area contributed by atoms with Crippen LogP contribution >= 0.6 is 0 Å². The van der Waals surface area contributed by atoms with E-state index >= 15 is 0 Å². The quantitative estimate of drug-likeness (QED) is 0.639. The Morgan fingerprint density at radius 2 is 2.06 bits per heavy atom. The number of piperidine rings is 1. The van der Waals surface area contributed by atoms with E-state index in [1.165, 1.54) is 16.7 Å². The number of aliphatic hydroxyl groups is 1. The zero-order chi connectivity index (χ0) is 25.2. The van der Waals surface area contributed by atoms with Gasteiger partial charge in [-0.25, -0.2) is 0 Å². The largest absolute Gasteiger partial charge is 0.487 e. The number of carbonyl (C=O) groups excluding carboxylic acids is 1. The van der Waals surface area contributed by atoms with Gasteiger partial charge in [0.25, 0.3) is 0 Å². The predicted octanol–water partition coefficient (Wildman–Crippen LogP) is 4.35. The second-order valence-electron chi connectivity index (χ2n) is 11.9. The highest BCUT2D eigenvalue weighted by Gasteiger charge is 2.72. The van der Waals surface area contributed by atoms with Crippen molar-refractivity contribution < 1.29 is 14.6 Å². The SMILES string of the molecule is Cc1cccc(C=CC(=O)N(CC(C)C)[C@@H]2CC[C@@]3(O)[C@H]4Cc5cccc6c5[C@@]3(CCN4C)[C@H]2O6)c1. The van der Waals surface area contributed by atoms with Gasteiger partial charge in [0.05, 0.1) is 17.1 Å². The molecule has 2 aliphatic carbocycles. The third kappa shape index (κ3) is 3.32. The highest BCUT2D eigenvalue weighted by molar-refractivity contribution is 5.92. The second-order valence-corrected chi connectivity index (χ2v) is 11.9. The summed E-state index contributed by atoms with van der Waals surface area (Å²) in [5, 5.41) is 12.4. The Morgan fingerprint density at radius 3 is 2.83 bits per heavy atom. The number of hydrogen-bond donors (Lipinski definition) is 1. The minimum absolute atomic E-state index is 0.0251. The molecular weight excluding hydrogens is 448 g/mol. The van der Waals surface area contributed by atoms with Gasteiger partial charge in [-0.1, -0.05) is 55.8 Å². The van der Waals surface area contributed by atoms with Gasteiger partial charge < -0.3 is 19.6 Å². The molecule has 1 saturated heterocycles. The first kappa shape index (κ1) is 23.7. The Balaban J connectivity index is 1.40. The summed E-state index contributed by atoms with van der Waals surface area (Å²) in [6.45, 7) is 7.99. The van der Waals surface area contributed by atoms with Crippen LogP contribution in [0.25, 0.3) is 6.08 Å². The van der Waals surface area contributed by atoms with Crippen LogP contribution in [0.3, 0.4) is 0 Å². The van der Waals surface area contributed by atoms with Crippen molar-refractivity contribution in [2.45, 2.75) is 75.7 Å². The monoisotopic (exact) mass is 486 g/mol. The number of aryl methyl sites for hydroxylation is 1. The third-order valence-corrected chi connectivity index (χ3v) is 9.30. The van der Waals surface area contributed by atoms with Crippen LogP contribution in [0.15, 0.2) is 48.5 Å². The van der Waals surface area contributed by atoms with E-state index in [1.54, 1.807) is 6.08 Å². The molecule has 1 amide bonds. The Labute approximate surface area is 214 Å². The lowest BCUT2D eigenvalue weighted by molar-refractivity contribution is -0.197. The first-order valence-electron chi connectivity index (χ1n) is 13.5. The van der Waals surface area contributed by atoms with Crippen molar-refractivity contribution in [1.29, 1.82) is 0 Å². The number of hydrogen-bond acceptors (Lipinski definition) is 4. The van der Waals surface area contributed by atoms with Crippen LogP contribution in [0.2, 0.25) is 0 Å². The Hall–Kier alpha value is -2.63. The topological polar surface area (TPSA) is 53.0 Å². The molecule has 2 aromatic rings. The lowest BCUT2D eigenvalue weighted by Crippen LogP contribution is -2.78. The average molecular weight is 487 g/mol. The molecule has 0 aromatic heterocycles. The maximum absolute atomic E-state index is 13.8. The fourth-order valence-corrected chi connectivity index (χ4v) is 7.84. The van der Waals surface area contributed by atoms with E-state index in [1.807, 2.05) is 23.1 Å². The molecule has 2 aliphatic heterocycles. The number of nitrogens with zero attached hydrogens (tertiary/aromatic N) is 2. The molecular formula is C31H38N2O3. The average Bonchev–Trinajstić information content (AvgIpc) is 3.18. The number of ether oxygens (including phenoxy) is 1. The maximum atomic E-state index is 13.8. The lowest BCUT2D eigenvalue weighted by atomic mass is 9.48. The van der Waals surface area contributed by atoms with Gasteiger partial charge in [-0.3, -0.25) is 4.79 Å². The number of likely N-dealkylation sites (tertiary alicyclic amines) is 1. The van der Waals surface area contributed by atoms with Crippen LogP contribution in [0, 0.1) is 12.8 Å². The van der Waals surface area contributed by atoms with Gasteiger partial charge in [0.1, 0.15) is 11.9 Å². The van der Waals surface area contributed by atoms with E-state index in [0.29, 0.717) is 18.9 Å². The van der Waals surface area contributed by atoms with Crippen molar-refractivity contribution >= 4 is 12.0 Å². The van der Waals surface area contributed by atoms with Crippen molar-refractivity contribution in [1.82, 2.24) is 9.80 Å². The molecule has 2 aromatic carbocycles. The van der Waals surface area contributed by atoms with E-state index in [-0.39, 0.29) is 24.1 Å². The summed E-state index contributed by atoms with van der Waals surface area (Å²) >= 11 is 0. The Morgan fingerprint density at radius 1 is 1.25 bits per heavy atom. The molecule has 2 bridgehead atoms. The van der Waals surface area contributed by atoms with Gasteiger partial charge >= 0.3 is 0 Å². The van der Waals surface area contributed by atoms with Gasteiger partial charge in [0.2, 0.25) is 5.91 Å².